The van der Waals surface area contributed by atoms with Crippen molar-refractivity contribution in [3.8, 4) is 0 Å². The van der Waals surface area contributed by atoms with Crippen LogP contribution >= 0.6 is 0 Å². The third-order valence-electron chi connectivity index (χ3n) is 2.37. The van der Waals surface area contributed by atoms with E-state index in [9.17, 15) is 5.11 Å². The van der Waals surface area contributed by atoms with Gasteiger partial charge in [0, 0.05) is 25.9 Å². The molecular weight excluding hydrogens is 176 g/mol. The number of nitrogens with zero attached hydrogens (tertiary/aromatic N) is 2. The molecule has 0 spiro atoms. The summed E-state index contributed by atoms with van der Waals surface area (Å²) in [6.07, 6.45) is 6.09. The Kier molecular flexibility index (Phi) is 4.14. The van der Waals surface area contributed by atoms with Gasteiger partial charge < -0.3 is 9.67 Å². The highest BCUT2D eigenvalue weighted by atomic mass is 16.3. The highest BCUT2D eigenvalue weighted by Crippen LogP contribution is 2.10. The second-order valence-electron chi connectivity index (χ2n) is 4.28. The Hall–Kier alpha value is -0.830. The smallest absolute Gasteiger partial charge is 0.108 e. The first-order valence-electron chi connectivity index (χ1n) is 5.24. The van der Waals surface area contributed by atoms with Gasteiger partial charge in [-0.15, -0.1) is 0 Å². The molecule has 3 heteroatoms. The van der Waals surface area contributed by atoms with Crippen molar-refractivity contribution >= 4 is 0 Å². The second-order valence-corrected chi connectivity index (χ2v) is 4.28. The molecule has 1 heterocycles. The van der Waals surface area contributed by atoms with Crippen LogP contribution in [0.2, 0.25) is 0 Å². The lowest BCUT2D eigenvalue weighted by atomic mass is 10.0. The molecule has 1 aromatic rings. The third kappa shape index (κ3) is 3.50. The van der Waals surface area contributed by atoms with Crippen LogP contribution in [-0.4, -0.2) is 20.8 Å². The molecule has 0 aliphatic rings. The van der Waals surface area contributed by atoms with Gasteiger partial charge in [0.2, 0.25) is 0 Å². The molecule has 0 aliphatic carbocycles. The van der Waals surface area contributed by atoms with Crippen molar-refractivity contribution in [1.29, 1.82) is 0 Å². The lowest BCUT2D eigenvalue weighted by molar-refractivity contribution is 0.139. The van der Waals surface area contributed by atoms with E-state index in [1.165, 1.54) is 0 Å². The van der Waals surface area contributed by atoms with Gasteiger partial charge in [0.15, 0.2) is 0 Å². The zero-order valence-electron chi connectivity index (χ0n) is 9.27. The average molecular weight is 196 g/mol. The van der Waals surface area contributed by atoms with Gasteiger partial charge in [-0.3, -0.25) is 0 Å². The van der Waals surface area contributed by atoms with Gasteiger partial charge in [0.05, 0.1) is 6.10 Å². The minimum Gasteiger partial charge on any atom is -0.393 e. The van der Waals surface area contributed by atoms with Crippen LogP contribution < -0.4 is 0 Å². The predicted octanol–water partition coefficient (Wildman–Crippen LogP) is 1.76. The van der Waals surface area contributed by atoms with Crippen molar-refractivity contribution in [2.75, 3.05) is 0 Å². The maximum atomic E-state index is 9.67. The van der Waals surface area contributed by atoms with E-state index in [1.807, 2.05) is 17.8 Å². The van der Waals surface area contributed by atoms with Crippen LogP contribution in [-0.2, 0) is 13.5 Å². The first kappa shape index (κ1) is 11.2. The Morgan fingerprint density at radius 3 is 2.71 bits per heavy atom. The van der Waals surface area contributed by atoms with E-state index in [2.05, 4.69) is 18.8 Å². The number of hydrogen-bond donors (Lipinski definition) is 1. The molecule has 1 atom stereocenters. The molecule has 0 bridgehead atoms. The Morgan fingerprint density at radius 2 is 2.21 bits per heavy atom. The average Bonchev–Trinajstić information content (AvgIpc) is 2.46. The molecule has 0 aromatic carbocycles. The number of aliphatic hydroxyl groups is 1. The van der Waals surface area contributed by atoms with Crippen molar-refractivity contribution in [2.24, 2.45) is 13.0 Å². The molecule has 14 heavy (non-hydrogen) atoms. The van der Waals surface area contributed by atoms with Gasteiger partial charge >= 0.3 is 0 Å². The van der Waals surface area contributed by atoms with Gasteiger partial charge in [-0.25, -0.2) is 4.98 Å². The highest BCUT2D eigenvalue weighted by molar-refractivity contribution is 4.91. The van der Waals surface area contributed by atoms with Crippen LogP contribution in [0.4, 0.5) is 0 Å². The number of hydrogen-bond acceptors (Lipinski definition) is 2. The van der Waals surface area contributed by atoms with Crippen LogP contribution in [0.25, 0.3) is 0 Å². The fraction of sp³-hybridized carbons (Fsp3) is 0.727. The summed E-state index contributed by atoms with van der Waals surface area (Å²) in [6.45, 7) is 4.26. The van der Waals surface area contributed by atoms with Crippen LogP contribution in [0.1, 0.15) is 32.5 Å². The molecule has 0 saturated carbocycles. The van der Waals surface area contributed by atoms with E-state index in [0.29, 0.717) is 5.92 Å². The van der Waals surface area contributed by atoms with E-state index in [-0.39, 0.29) is 6.10 Å². The Balaban J connectivity index is 2.30. The van der Waals surface area contributed by atoms with E-state index >= 15 is 0 Å². The first-order valence-corrected chi connectivity index (χ1v) is 5.24. The van der Waals surface area contributed by atoms with Crippen LogP contribution in [0.5, 0.6) is 0 Å². The molecule has 1 N–H and O–H groups in total. The Labute approximate surface area is 85.8 Å². The summed E-state index contributed by atoms with van der Waals surface area (Å²) in [7, 11) is 1.98. The van der Waals surface area contributed by atoms with Crippen molar-refractivity contribution < 1.29 is 5.11 Å². The highest BCUT2D eigenvalue weighted by Gasteiger charge is 2.08. The lowest BCUT2D eigenvalue weighted by Gasteiger charge is -2.12. The summed E-state index contributed by atoms with van der Waals surface area (Å²) in [6, 6.07) is 0. The molecule has 1 rings (SSSR count). The van der Waals surface area contributed by atoms with Crippen LogP contribution in [0.15, 0.2) is 12.4 Å². The van der Waals surface area contributed by atoms with Crippen LogP contribution in [0.3, 0.4) is 0 Å². The molecule has 0 saturated heterocycles. The lowest BCUT2D eigenvalue weighted by Crippen LogP contribution is -2.12. The van der Waals surface area contributed by atoms with Crippen molar-refractivity contribution in [3.05, 3.63) is 18.2 Å². The summed E-state index contributed by atoms with van der Waals surface area (Å²) in [5.74, 6) is 1.61. The number of imidazole rings is 1. The van der Waals surface area contributed by atoms with E-state index in [0.717, 1.165) is 25.1 Å². The number of aliphatic hydroxyl groups excluding tert-OH is 1. The molecular formula is C11H20N2O. The number of rotatable bonds is 5. The van der Waals surface area contributed by atoms with E-state index in [4.69, 9.17) is 0 Å². The van der Waals surface area contributed by atoms with Gasteiger partial charge in [-0.05, 0) is 18.8 Å². The molecule has 1 aromatic heterocycles. The first-order chi connectivity index (χ1) is 6.59. The summed E-state index contributed by atoms with van der Waals surface area (Å²) in [5, 5.41) is 9.67. The molecule has 0 fully saturated rings. The van der Waals surface area contributed by atoms with Gasteiger partial charge in [0.1, 0.15) is 5.82 Å². The maximum absolute atomic E-state index is 9.67. The summed E-state index contributed by atoms with van der Waals surface area (Å²) in [4.78, 5) is 4.22. The summed E-state index contributed by atoms with van der Waals surface area (Å²) < 4.78 is 2.00. The number of aromatic nitrogens is 2. The Morgan fingerprint density at radius 1 is 1.50 bits per heavy atom. The topological polar surface area (TPSA) is 38.1 Å². The normalized spacial score (nSPS) is 13.5. The third-order valence-corrected chi connectivity index (χ3v) is 2.37. The predicted molar refractivity (Wildman–Crippen MR) is 57.0 cm³/mol. The molecule has 0 amide bonds. The minimum absolute atomic E-state index is 0.188. The fourth-order valence-corrected chi connectivity index (χ4v) is 1.60. The van der Waals surface area contributed by atoms with Crippen LogP contribution in [0, 0.1) is 5.92 Å². The van der Waals surface area contributed by atoms with Crippen molar-refractivity contribution in [3.63, 3.8) is 0 Å². The molecule has 0 radical (unpaired) electrons. The molecule has 0 aliphatic heterocycles. The van der Waals surface area contributed by atoms with Crippen molar-refractivity contribution in [1.82, 2.24) is 9.55 Å². The zero-order chi connectivity index (χ0) is 10.6. The molecule has 1 unspecified atom stereocenters. The largest absolute Gasteiger partial charge is 0.393 e. The molecule has 3 nitrogen and oxygen atoms in total. The van der Waals surface area contributed by atoms with Gasteiger partial charge in [-0.1, -0.05) is 13.8 Å². The number of aryl methyl sites for hydroxylation is 2. The maximum Gasteiger partial charge on any atom is 0.108 e. The van der Waals surface area contributed by atoms with E-state index < -0.39 is 0 Å². The fourth-order valence-electron chi connectivity index (χ4n) is 1.60. The van der Waals surface area contributed by atoms with E-state index in [1.54, 1.807) is 6.20 Å². The second kappa shape index (κ2) is 5.15. The minimum atomic E-state index is -0.188. The monoisotopic (exact) mass is 196 g/mol. The zero-order valence-corrected chi connectivity index (χ0v) is 9.27. The summed E-state index contributed by atoms with van der Waals surface area (Å²) >= 11 is 0. The Bertz CT molecular complexity index is 268. The quantitative estimate of drug-likeness (QED) is 0.779. The van der Waals surface area contributed by atoms with Gasteiger partial charge in [-0.2, -0.15) is 0 Å². The standard InChI is InChI=1S/C11H20N2O/c1-9(2)8-10(14)4-5-11-12-6-7-13(11)3/h6-7,9-10,14H,4-5,8H2,1-3H3. The van der Waals surface area contributed by atoms with Crippen molar-refractivity contribution in [2.45, 2.75) is 39.2 Å². The SMILES string of the molecule is CC(C)CC(O)CCc1nccn1C. The summed E-state index contributed by atoms with van der Waals surface area (Å²) in [5.41, 5.74) is 0. The molecule has 80 valence electrons. The van der Waals surface area contributed by atoms with Gasteiger partial charge in [0.25, 0.3) is 0 Å².